The highest BCUT2D eigenvalue weighted by Crippen LogP contribution is 2.14. The van der Waals surface area contributed by atoms with E-state index in [-0.39, 0.29) is 11.9 Å². The summed E-state index contributed by atoms with van der Waals surface area (Å²) in [6, 6.07) is 18.0. The molecule has 2 aromatic carbocycles. The third kappa shape index (κ3) is 5.89. The van der Waals surface area contributed by atoms with Gasteiger partial charge in [-0.3, -0.25) is 4.79 Å². The van der Waals surface area contributed by atoms with Crippen LogP contribution in [0, 0.1) is 0 Å². The maximum absolute atomic E-state index is 12.0. The summed E-state index contributed by atoms with van der Waals surface area (Å²) in [4.78, 5) is 12.0. The first-order chi connectivity index (χ1) is 12.3. The van der Waals surface area contributed by atoms with Gasteiger partial charge in [0.25, 0.3) is 0 Å². The molecule has 1 fully saturated rings. The number of morpholine rings is 1. The van der Waals surface area contributed by atoms with Gasteiger partial charge in [-0.05, 0) is 23.3 Å². The molecule has 0 aliphatic carbocycles. The molecule has 5 nitrogen and oxygen atoms in total. The summed E-state index contributed by atoms with van der Waals surface area (Å²) in [5, 5.41) is 6.23. The second kappa shape index (κ2) is 9.20. The summed E-state index contributed by atoms with van der Waals surface area (Å²) in [5.74, 6) is 0.856. The highest BCUT2D eigenvalue weighted by molar-refractivity contribution is 5.76. The van der Waals surface area contributed by atoms with Gasteiger partial charge in [-0.25, -0.2) is 0 Å². The molecule has 0 saturated carbocycles. The third-order valence-corrected chi connectivity index (χ3v) is 4.09. The summed E-state index contributed by atoms with van der Waals surface area (Å²) in [6.07, 6.45) is 0.443. The van der Waals surface area contributed by atoms with E-state index in [0.29, 0.717) is 26.2 Å². The largest absolute Gasteiger partial charge is 0.489 e. The van der Waals surface area contributed by atoms with Crippen LogP contribution in [0.4, 0.5) is 0 Å². The lowest BCUT2D eigenvalue weighted by Crippen LogP contribution is -2.44. The minimum absolute atomic E-state index is 0.0346. The van der Waals surface area contributed by atoms with Crippen molar-refractivity contribution in [3.63, 3.8) is 0 Å². The molecule has 1 unspecified atom stereocenters. The van der Waals surface area contributed by atoms with E-state index in [1.165, 1.54) is 0 Å². The van der Waals surface area contributed by atoms with Crippen molar-refractivity contribution in [2.24, 2.45) is 0 Å². The average molecular weight is 340 g/mol. The van der Waals surface area contributed by atoms with Crippen LogP contribution in [0.25, 0.3) is 0 Å². The molecular formula is C20H24N2O3. The second-order valence-electron chi connectivity index (χ2n) is 6.13. The Hall–Kier alpha value is -2.37. The number of benzene rings is 2. The zero-order valence-electron chi connectivity index (χ0n) is 14.2. The van der Waals surface area contributed by atoms with Gasteiger partial charge in [0, 0.05) is 25.6 Å². The Bertz CT molecular complexity index is 652. The standard InChI is InChI=1S/C20H24N2O3/c23-20(12-18-15-24-11-10-21-18)22-13-16-6-8-19(9-7-16)25-14-17-4-2-1-3-5-17/h1-9,18,21H,10-15H2,(H,22,23). The second-order valence-corrected chi connectivity index (χ2v) is 6.13. The van der Waals surface area contributed by atoms with Crippen molar-refractivity contribution in [3.8, 4) is 5.75 Å². The lowest BCUT2D eigenvalue weighted by Gasteiger charge is -2.23. The minimum Gasteiger partial charge on any atom is -0.489 e. The Morgan fingerprint density at radius 2 is 1.92 bits per heavy atom. The first-order valence-electron chi connectivity index (χ1n) is 8.63. The Morgan fingerprint density at radius 1 is 1.12 bits per heavy atom. The average Bonchev–Trinajstić information content (AvgIpc) is 2.67. The van der Waals surface area contributed by atoms with Crippen molar-refractivity contribution >= 4 is 5.91 Å². The molecule has 0 aromatic heterocycles. The molecule has 2 N–H and O–H groups in total. The monoisotopic (exact) mass is 340 g/mol. The van der Waals surface area contributed by atoms with Gasteiger partial charge in [-0.2, -0.15) is 0 Å². The molecule has 0 radical (unpaired) electrons. The molecule has 25 heavy (non-hydrogen) atoms. The Kier molecular flexibility index (Phi) is 6.42. The SMILES string of the molecule is O=C(CC1COCCN1)NCc1ccc(OCc2ccccc2)cc1. The number of ether oxygens (including phenoxy) is 2. The van der Waals surface area contributed by atoms with Gasteiger partial charge in [0.15, 0.2) is 0 Å². The van der Waals surface area contributed by atoms with E-state index in [1.54, 1.807) is 0 Å². The molecule has 1 saturated heterocycles. The Labute approximate surface area is 148 Å². The zero-order chi connectivity index (χ0) is 17.3. The van der Waals surface area contributed by atoms with Crippen LogP contribution in [-0.4, -0.2) is 31.7 Å². The molecule has 1 aliphatic rings. The first kappa shape index (κ1) is 17.5. The zero-order valence-corrected chi connectivity index (χ0v) is 14.2. The number of carbonyl (C=O) groups is 1. The lowest BCUT2D eigenvalue weighted by atomic mass is 10.1. The first-order valence-corrected chi connectivity index (χ1v) is 8.63. The highest BCUT2D eigenvalue weighted by Gasteiger charge is 2.16. The maximum atomic E-state index is 12.0. The number of amides is 1. The van der Waals surface area contributed by atoms with Crippen LogP contribution in [0.15, 0.2) is 54.6 Å². The van der Waals surface area contributed by atoms with Crippen LogP contribution in [0.5, 0.6) is 5.75 Å². The van der Waals surface area contributed by atoms with Crippen molar-refractivity contribution in [2.45, 2.75) is 25.6 Å². The molecule has 5 heteroatoms. The molecule has 2 aromatic rings. The molecule has 0 bridgehead atoms. The van der Waals surface area contributed by atoms with E-state index in [9.17, 15) is 4.79 Å². The molecular weight excluding hydrogens is 316 g/mol. The van der Waals surface area contributed by atoms with Crippen LogP contribution < -0.4 is 15.4 Å². The smallest absolute Gasteiger partial charge is 0.221 e. The summed E-state index contributed by atoms with van der Waals surface area (Å²) in [5.41, 5.74) is 2.19. The molecule has 1 aliphatic heterocycles. The van der Waals surface area contributed by atoms with Crippen molar-refractivity contribution in [1.82, 2.24) is 10.6 Å². The van der Waals surface area contributed by atoms with E-state index >= 15 is 0 Å². The van der Waals surface area contributed by atoms with Gasteiger partial charge in [-0.1, -0.05) is 42.5 Å². The third-order valence-electron chi connectivity index (χ3n) is 4.09. The molecule has 1 heterocycles. The normalized spacial score (nSPS) is 17.0. The van der Waals surface area contributed by atoms with E-state index in [4.69, 9.17) is 9.47 Å². The van der Waals surface area contributed by atoms with E-state index < -0.39 is 0 Å². The van der Waals surface area contributed by atoms with Crippen LogP contribution in [-0.2, 0) is 22.7 Å². The van der Waals surface area contributed by atoms with E-state index in [1.807, 2.05) is 54.6 Å². The van der Waals surface area contributed by atoms with Gasteiger partial charge >= 0.3 is 0 Å². The summed E-state index contributed by atoms with van der Waals surface area (Å²) >= 11 is 0. The molecule has 0 spiro atoms. The van der Waals surface area contributed by atoms with Crippen molar-refractivity contribution in [1.29, 1.82) is 0 Å². The van der Waals surface area contributed by atoms with Crippen molar-refractivity contribution in [2.75, 3.05) is 19.8 Å². The molecule has 132 valence electrons. The topological polar surface area (TPSA) is 59.6 Å². The number of hydrogen-bond acceptors (Lipinski definition) is 4. The van der Waals surface area contributed by atoms with E-state index in [2.05, 4.69) is 10.6 Å². The van der Waals surface area contributed by atoms with Crippen molar-refractivity contribution in [3.05, 3.63) is 65.7 Å². The fraction of sp³-hybridized carbons (Fsp3) is 0.350. The number of hydrogen-bond donors (Lipinski definition) is 2. The predicted octanol–water partition coefficient (Wildman–Crippen LogP) is 2.26. The Balaban J connectivity index is 1.40. The van der Waals surface area contributed by atoms with Crippen LogP contribution in [0.3, 0.4) is 0 Å². The van der Waals surface area contributed by atoms with Crippen LogP contribution >= 0.6 is 0 Å². The van der Waals surface area contributed by atoms with Gasteiger partial charge in [0.05, 0.1) is 13.2 Å². The van der Waals surface area contributed by atoms with Crippen LogP contribution in [0.1, 0.15) is 17.5 Å². The molecule has 1 amide bonds. The lowest BCUT2D eigenvalue weighted by molar-refractivity contribution is -0.122. The number of nitrogens with one attached hydrogen (secondary N) is 2. The van der Waals surface area contributed by atoms with Crippen molar-refractivity contribution < 1.29 is 14.3 Å². The summed E-state index contributed by atoms with van der Waals surface area (Å²) in [7, 11) is 0. The van der Waals surface area contributed by atoms with Gasteiger partial charge in [-0.15, -0.1) is 0 Å². The highest BCUT2D eigenvalue weighted by atomic mass is 16.5. The number of rotatable bonds is 7. The minimum atomic E-state index is 0.0346. The summed E-state index contributed by atoms with van der Waals surface area (Å²) in [6.45, 7) is 3.19. The van der Waals surface area contributed by atoms with Gasteiger partial charge in [0.1, 0.15) is 12.4 Å². The van der Waals surface area contributed by atoms with Gasteiger partial charge < -0.3 is 20.1 Å². The van der Waals surface area contributed by atoms with Crippen LogP contribution in [0.2, 0.25) is 0 Å². The molecule has 1 atom stereocenters. The molecule has 3 rings (SSSR count). The quantitative estimate of drug-likeness (QED) is 0.812. The maximum Gasteiger partial charge on any atom is 0.221 e. The fourth-order valence-electron chi connectivity index (χ4n) is 2.69. The predicted molar refractivity (Wildman–Crippen MR) is 96.3 cm³/mol. The fourth-order valence-corrected chi connectivity index (χ4v) is 2.69. The number of carbonyl (C=O) groups excluding carboxylic acids is 1. The van der Waals surface area contributed by atoms with Gasteiger partial charge in [0.2, 0.25) is 5.91 Å². The summed E-state index contributed by atoms with van der Waals surface area (Å²) < 4.78 is 11.1. The van der Waals surface area contributed by atoms with E-state index in [0.717, 1.165) is 30.0 Å². The Morgan fingerprint density at radius 3 is 2.64 bits per heavy atom.